The van der Waals surface area contributed by atoms with Gasteiger partial charge < -0.3 is 11.1 Å². The molecule has 0 aromatic heterocycles. The van der Waals surface area contributed by atoms with Gasteiger partial charge in [0.15, 0.2) is 0 Å². The molecule has 0 aliphatic carbocycles. The summed E-state index contributed by atoms with van der Waals surface area (Å²) in [5.74, 6) is -2.76. The van der Waals surface area contributed by atoms with Crippen molar-refractivity contribution in [1.29, 1.82) is 0 Å². The summed E-state index contributed by atoms with van der Waals surface area (Å²) in [6, 6.07) is 7.75. The van der Waals surface area contributed by atoms with E-state index in [1.165, 1.54) is 30.3 Å². The molecule has 2 aromatic carbocycles. The molecule has 0 fully saturated rings. The first-order chi connectivity index (χ1) is 10.9. The van der Waals surface area contributed by atoms with Crippen LogP contribution in [0.25, 0.3) is 6.08 Å². The van der Waals surface area contributed by atoms with Gasteiger partial charge >= 0.3 is 0 Å². The Morgan fingerprint density at radius 2 is 1.78 bits per heavy atom. The topological polar surface area (TPSA) is 72.2 Å². The zero-order chi connectivity index (χ0) is 17.0. The number of rotatable bonds is 4. The van der Waals surface area contributed by atoms with Gasteiger partial charge in [0.25, 0.3) is 5.91 Å². The number of anilines is 1. The van der Waals surface area contributed by atoms with Gasteiger partial charge in [0, 0.05) is 21.8 Å². The predicted octanol–water partition coefficient (Wildman–Crippen LogP) is 3.48. The SMILES string of the molecule is NC(=O)c1cc(NC(=O)/C=C/c2cc(Br)ccc2F)ccc1F. The van der Waals surface area contributed by atoms with Crippen molar-refractivity contribution in [2.75, 3.05) is 5.32 Å². The normalized spacial score (nSPS) is 10.7. The van der Waals surface area contributed by atoms with Crippen molar-refractivity contribution in [3.05, 3.63) is 69.7 Å². The molecule has 0 atom stereocenters. The zero-order valence-corrected chi connectivity index (χ0v) is 13.2. The Kier molecular flexibility index (Phi) is 5.23. The summed E-state index contributed by atoms with van der Waals surface area (Å²) in [6.07, 6.45) is 2.42. The number of hydrogen-bond donors (Lipinski definition) is 2. The third kappa shape index (κ3) is 4.46. The molecule has 0 bridgehead atoms. The van der Waals surface area contributed by atoms with Crippen molar-refractivity contribution in [1.82, 2.24) is 0 Å². The summed E-state index contributed by atoms with van der Waals surface area (Å²) < 4.78 is 27.5. The molecule has 118 valence electrons. The monoisotopic (exact) mass is 380 g/mol. The van der Waals surface area contributed by atoms with Crippen molar-refractivity contribution in [3.8, 4) is 0 Å². The third-order valence-corrected chi connectivity index (χ3v) is 3.36. The Bertz CT molecular complexity index is 807. The number of hydrogen-bond acceptors (Lipinski definition) is 2. The van der Waals surface area contributed by atoms with Crippen molar-refractivity contribution in [3.63, 3.8) is 0 Å². The standard InChI is InChI=1S/C16H11BrF2N2O2/c17-10-2-4-13(18)9(7-10)1-6-15(22)21-11-3-5-14(19)12(8-11)16(20)23/h1-8H,(H2,20,23)(H,21,22)/b6-1+. The highest BCUT2D eigenvalue weighted by Crippen LogP contribution is 2.17. The van der Waals surface area contributed by atoms with Gasteiger partial charge in [0.1, 0.15) is 11.6 Å². The lowest BCUT2D eigenvalue weighted by atomic mass is 10.1. The van der Waals surface area contributed by atoms with Crippen molar-refractivity contribution in [2.24, 2.45) is 5.73 Å². The third-order valence-electron chi connectivity index (χ3n) is 2.87. The molecule has 7 heteroatoms. The fourth-order valence-electron chi connectivity index (χ4n) is 1.78. The molecular weight excluding hydrogens is 370 g/mol. The van der Waals surface area contributed by atoms with Gasteiger partial charge in [-0.05, 0) is 42.5 Å². The van der Waals surface area contributed by atoms with Crippen LogP contribution in [0.4, 0.5) is 14.5 Å². The highest BCUT2D eigenvalue weighted by molar-refractivity contribution is 9.10. The predicted molar refractivity (Wildman–Crippen MR) is 86.7 cm³/mol. The minimum absolute atomic E-state index is 0.199. The Labute approximate surface area is 139 Å². The Morgan fingerprint density at radius 1 is 1.09 bits per heavy atom. The Hall–Kier alpha value is -2.54. The van der Waals surface area contributed by atoms with Gasteiger partial charge in [-0.25, -0.2) is 8.78 Å². The van der Waals surface area contributed by atoms with E-state index in [4.69, 9.17) is 5.73 Å². The molecule has 0 saturated carbocycles. The number of carbonyl (C=O) groups is 2. The van der Waals surface area contributed by atoms with E-state index in [9.17, 15) is 18.4 Å². The molecule has 0 saturated heterocycles. The number of primary amides is 1. The van der Waals surface area contributed by atoms with E-state index >= 15 is 0 Å². The first-order valence-corrected chi connectivity index (χ1v) is 7.19. The minimum Gasteiger partial charge on any atom is -0.366 e. The minimum atomic E-state index is -0.939. The van der Waals surface area contributed by atoms with E-state index in [0.717, 1.165) is 18.2 Å². The summed E-state index contributed by atoms with van der Waals surface area (Å²) in [5, 5.41) is 2.43. The van der Waals surface area contributed by atoms with Crippen LogP contribution in [0.3, 0.4) is 0 Å². The summed E-state index contributed by atoms with van der Waals surface area (Å²) in [5.41, 5.74) is 5.13. The van der Waals surface area contributed by atoms with Crippen molar-refractivity contribution in [2.45, 2.75) is 0 Å². The maximum atomic E-state index is 13.5. The summed E-state index contributed by atoms with van der Waals surface area (Å²) in [4.78, 5) is 22.9. The van der Waals surface area contributed by atoms with Gasteiger partial charge in [-0.2, -0.15) is 0 Å². The van der Waals surface area contributed by atoms with E-state index in [0.29, 0.717) is 4.47 Å². The molecule has 3 N–H and O–H groups in total. The van der Waals surface area contributed by atoms with Gasteiger partial charge in [-0.1, -0.05) is 15.9 Å². The van der Waals surface area contributed by atoms with E-state index in [1.54, 1.807) is 0 Å². The molecule has 0 heterocycles. The average molecular weight is 381 g/mol. The number of carbonyl (C=O) groups excluding carboxylic acids is 2. The number of nitrogens with one attached hydrogen (secondary N) is 1. The fraction of sp³-hybridized carbons (Fsp3) is 0. The van der Waals surface area contributed by atoms with E-state index < -0.39 is 23.4 Å². The van der Waals surface area contributed by atoms with Gasteiger partial charge in [-0.3, -0.25) is 9.59 Å². The largest absolute Gasteiger partial charge is 0.366 e. The molecule has 0 spiro atoms. The van der Waals surface area contributed by atoms with Crippen LogP contribution in [-0.4, -0.2) is 11.8 Å². The average Bonchev–Trinajstić information content (AvgIpc) is 2.50. The maximum absolute atomic E-state index is 13.5. The summed E-state index contributed by atoms with van der Waals surface area (Å²) >= 11 is 3.20. The van der Waals surface area contributed by atoms with Crippen LogP contribution in [0.15, 0.2) is 46.9 Å². The maximum Gasteiger partial charge on any atom is 0.251 e. The number of halogens is 3. The lowest BCUT2D eigenvalue weighted by Gasteiger charge is -2.05. The second kappa shape index (κ2) is 7.15. The Morgan fingerprint density at radius 3 is 2.48 bits per heavy atom. The quantitative estimate of drug-likeness (QED) is 0.797. The van der Waals surface area contributed by atoms with E-state index in [-0.39, 0.29) is 16.8 Å². The van der Waals surface area contributed by atoms with Crippen molar-refractivity contribution >= 4 is 39.5 Å². The van der Waals surface area contributed by atoms with Crippen LogP contribution in [0.1, 0.15) is 15.9 Å². The fourth-order valence-corrected chi connectivity index (χ4v) is 2.16. The molecule has 23 heavy (non-hydrogen) atoms. The summed E-state index contributed by atoms with van der Waals surface area (Å²) in [7, 11) is 0. The number of amides is 2. The van der Waals surface area contributed by atoms with Crippen molar-refractivity contribution < 1.29 is 18.4 Å². The lowest BCUT2D eigenvalue weighted by Crippen LogP contribution is -2.14. The second-order valence-corrected chi connectivity index (χ2v) is 5.46. The van der Waals surface area contributed by atoms with Gasteiger partial charge in [0.2, 0.25) is 5.91 Å². The molecule has 0 radical (unpaired) electrons. The van der Waals surface area contributed by atoms with Gasteiger partial charge in [-0.15, -0.1) is 0 Å². The molecule has 4 nitrogen and oxygen atoms in total. The highest BCUT2D eigenvalue weighted by atomic mass is 79.9. The first-order valence-electron chi connectivity index (χ1n) is 6.40. The number of nitrogens with two attached hydrogens (primary N) is 1. The molecular formula is C16H11BrF2N2O2. The second-order valence-electron chi connectivity index (χ2n) is 4.55. The first kappa shape index (κ1) is 16.8. The van der Waals surface area contributed by atoms with Crippen LogP contribution in [0.5, 0.6) is 0 Å². The smallest absolute Gasteiger partial charge is 0.251 e. The summed E-state index contributed by atoms with van der Waals surface area (Å²) in [6.45, 7) is 0. The molecule has 0 unspecified atom stereocenters. The molecule has 0 aliphatic heterocycles. The van der Waals surface area contributed by atoms with Crippen LogP contribution in [0, 0.1) is 11.6 Å². The van der Waals surface area contributed by atoms with Crippen LogP contribution in [-0.2, 0) is 4.79 Å². The van der Waals surface area contributed by atoms with E-state index in [1.807, 2.05) is 0 Å². The van der Waals surface area contributed by atoms with Crippen LogP contribution >= 0.6 is 15.9 Å². The molecule has 0 aliphatic rings. The molecule has 2 aromatic rings. The highest BCUT2D eigenvalue weighted by Gasteiger charge is 2.10. The lowest BCUT2D eigenvalue weighted by molar-refractivity contribution is -0.111. The van der Waals surface area contributed by atoms with Gasteiger partial charge in [0.05, 0.1) is 5.56 Å². The van der Waals surface area contributed by atoms with Crippen LogP contribution in [0.2, 0.25) is 0 Å². The Balaban J connectivity index is 2.13. The zero-order valence-electron chi connectivity index (χ0n) is 11.6. The van der Waals surface area contributed by atoms with E-state index in [2.05, 4.69) is 21.2 Å². The molecule has 2 rings (SSSR count). The van der Waals surface area contributed by atoms with Crippen LogP contribution < -0.4 is 11.1 Å². The number of benzene rings is 2. The molecule has 2 amide bonds.